The minimum atomic E-state index is -1.90. The second kappa shape index (κ2) is 7.79. The molecule has 2 rings (SSSR count). The van der Waals surface area contributed by atoms with Crippen molar-refractivity contribution in [2.75, 3.05) is 14.1 Å². The van der Waals surface area contributed by atoms with Crippen LogP contribution in [0.15, 0.2) is 54.6 Å². The van der Waals surface area contributed by atoms with Gasteiger partial charge in [0.15, 0.2) is 5.54 Å². The number of hydrogen-bond acceptors (Lipinski definition) is 4. The highest BCUT2D eigenvalue weighted by molar-refractivity contribution is 6.12. The van der Waals surface area contributed by atoms with Gasteiger partial charge in [0.25, 0.3) is 17.7 Å². The Hall–Kier alpha value is -3.19. The molecule has 0 radical (unpaired) electrons. The molecule has 0 aromatic heterocycles. The summed E-state index contributed by atoms with van der Waals surface area (Å²) in [6.45, 7) is 1.26. The number of carbonyl (C=O) groups excluding carboxylic acids is 3. The fraction of sp³-hybridized carbons (Fsp3) is 0.211. The van der Waals surface area contributed by atoms with Crippen molar-refractivity contribution in [2.45, 2.75) is 12.5 Å². The Bertz CT molecular complexity index is 787. The van der Waals surface area contributed by atoms with Gasteiger partial charge in [-0.05, 0) is 30.2 Å². The molecule has 2 aromatic carbocycles. The average Bonchev–Trinajstić information content (AvgIpc) is 2.71. The number of rotatable bonds is 5. The van der Waals surface area contributed by atoms with Crippen LogP contribution in [0.25, 0.3) is 11.1 Å². The lowest BCUT2D eigenvalue weighted by atomic mass is 9.96. The summed E-state index contributed by atoms with van der Waals surface area (Å²) in [4.78, 5) is 38.0. The van der Waals surface area contributed by atoms with Gasteiger partial charge >= 0.3 is 0 Å². The van der Waals surface area contributed by atoms with Gasteiger partial charge in [0.1, 0.15) is 0 Å². The second-order valence-electron chi connectivity index (χ2n) is 5.90. The summed E-state index contributed by atoms with van der Waals surface area (Å²) in [5.41, 5.74) is 1.80. The Morgan fingerprint density at radius 2 is 1.46 bits per heavy atom. The molecule has 0 aliphatic rings. The van der Waals surface area contributed by atoms with Gasteiger partial charge in [-0.25, -0.2) is 5.48 Å². The molecule has 3 N–H and O–H groups in total. The second-order valence-corrected chi connectivity index (χ2v) is 5.90. The lowest BCUT2D eigenvalue weighted by Gasteiger charge is -2.34. The molecule has 0 aliphatic heterocycles. The Kier molecular flexibility index (Phi) is 5.74. The van der Waals surface area contributed by atoms with E-state index in [0.717, 1.165) is 16.0 Å². The van der Waals surface area contributed by atoms with E-state index in [0.29, 0.717) is 5.56 Å². The molecule has 0 heterocycles. The Morgan fingerprint density at radius 1 is 0.923 bits per heavy atom. The molecule has 1 atom stereocenters. The predicted octanol–water partition coefficient (Wildman–Crippen LogP) is 1.44. The van der Waals surface area contributed by atoms with Gasteiger partial charge in [-0.2, -0.15) is 0 Å². The number of benzene rings is 2. The summed E-state index contributed by atoms with van der Waals surface area (Å²) in [7, 11) is 2.68. The number of nitrogens with one attached hydrogen (secondary N) is 2. The van der Waals surface area contributed by atoms with E-state index in [1.807, 2.05) is 30.3 Å². The van der Waals surface area contributed by atoms with Crippen molar-refractivity contribution >= 4 is 17.7 Å². The van der Waals surface area contributed by atoms with Gasteiger partial charge < -0.3 is 10.2 Å². The summed E-state index contributed by atoms with van der Waals surface area (Å²) >= 11 is 0. The fourth-order valence-corrected chi connectivity index (χ4v) is 2.59. The van der Waals surface area contributed by atoms with Crippen LogP contribution in [0.1, 0.15) is 17.3 Å². The van der Waals surface area contributed by atoms with E-state index in [1.54, 1.807) is 24.3 Å². The zero-order valence-electron chi connectivity index (χ0n) is 14.8. The maximum absolute atomic E-state index is 12.8. The van der Waals surface area contributed by atoms with Gasteiger partial charge in [0.05, 0.1) is 0 Å². The van der Waals surface area contributed by atoms with Crippen LogP contribution in [0.5, 0.6) is 0 Å². The Balaban J connectivity index is 2.32. The van der Waals surface area contributed by atoms with E-state index in [2.05, 4.69) is 5.32 Å². The third kappa shape index (κ3) is 3.43. The van der Waals surface area contributed by atoms with Crippen LogP contribution in [0, 0.1) is 0 Å². The van der Waals surface area contributed by atoms with Crippen LogP contribution >= 0.6 is 0 Å². The maximum atomic E-state index is 12.8. The van der Waals surface area contributed by atoms with Crippen molar-refractivity contribution in [1.82, 2.24) is 15.7 Å². The SMILES string of the molecule is CNC(=O)C(C)(C(=O)NO)N(C)C(=O)c1ccc(-c2ccccc2)cc1. The average molecular weight is 355 g/mol. The van der Waals surface area contributed by atoms with Crippen LogP contribution in [0.4, 0.5) is 0 Å². The predicted molar refractivity (Wildman–Crippen MR) is 96.4 cm³/mol. The van der Waals surface area contributed by atoms with Crippen LogP contribution in [0.2, 0.25) is 0 Å². The first-order valence-corrected chi connectivity index (χ1v) is 7.96. The van der Waals surface area contributed by atoms with Crippen LogP contribution in [-0.2, 0) is 9.59 Å². The summed E-state index contributed by atoms with van der Waals surface area (Å²) in [6, 6.07) is 16.5. The summed E-state index contributed by atoms with van der Waals surface area (Å²) in [6.07, 6.45) is 0. The smallest absolute Gasteiger partial charge is 0.278 e. The fourth-order valence-electron chi connectivity index (χ4n) is 2.59. The van der Waals surface area contributed by atoms with Gasteiger partial charge in [0.2, 0.25) is 0 Å². The molecule has 0 bridgehead atoms. The quantitative estimate of drug-likeness (QED) is 0.429. The van der Waals surface area contributed by atoms with Crippen LogP contribution in [0.3, 0.4) is 0 Å². The van der Waals surface area contributed by atoms with Gasteiger partial charge in [-0.15, -0.1) is 0 Å². The number of carbonyl (C=O) groups is 3. The third-order valence-corrected chi connectivity index (χ3v) is 4.43. The molecule has 7 nitrogen and oxygen atoms in total. The van der Waals surface area contributed by atoms with Crippen molar-refractivity contribution in [3.8, 4) is 11.1 Å². The number of hydroxylamine groups is 1. The van der Waals surface area contributed by atoms with E-state index in [9.17, 15) is 14.4 Å². The van der Waals surface area contributed by atoms with Gasteiger partial charge in [-0.3, -0.25) is 19.6 Å². The molecule has 2 aromatic rings. The van der Waals surface area contributed by atoms with E-state index in [4.69, 9.17) is 5.21 Å². The number of nitrogens with zero attached hydrogens (tertiary/aromatic N) is 1. The number of likely N-dealkylation sites (N-methyl/N-ethyl adjacent to an activating group) is 2. The lowest BCUT2D eigenvalue weighted by molar-refractivity contribution is -0.148. The number of hydrogen-bond donors (Lipinski definition) is 3. The summed E-state index contributed by atoms with van der Waals surface area (Å²) in [5, 5.41) is 11.3. The number of amides is 3. The zero-order valence-corrected chi connectivity index (χ0v) is 14.8. The van der Waals surface area contributed by atoms with Crippen molar-refractivity contribution in [3.63, 3.8) is 0 Å². The first-order valence-electron chi connectivity index (χ1n) is 7.96. The van der Waals surface area contributed by atoms with Crippen molar-refractivity contribution < 1.29 is 19.6 Å². The standard InChI is InChI=1S/C19H21N3O4/c1-19(17(24)20-2,18(25)21-26)22(3)16(23)15-11-9-14(10-12-15)13-7-5-4-6-8-13/h4-12,26H,1-3H3,(H,20,24)(H,21,25). The van der Waals surface area contributed by atoms with Crippen molar-refractivity contribution in [2.24, 2.45) is 0 Å². The summed E-state index contributed by atoms with van der Waals surface area (Å²) in [5.74, 6) is -2.26. The summed E-state index contributed by atoms with van der Waals surface area (Å²) < 4.78 is 0. The first kappa shape index (κ1) is 19.1. The highest BCUT2D eigenvalue weighted by Crippen LogP contribution is 2.22. The first-order chi connectivity index (χ1) is 12.4. The normalized spacial score (nSPS) is 12.6. The van der Waals surface area contributed by atoms with E-state index >= 15 is 0 Å². The minimum absolute atomic E-state index is 0.313. The monoisotopic (exact) mass is 355 g/mol. The molecule has 3 amide bonds. The molecular weight excluding hydrogens is 334 g/mol. The Morgan fingerprint density at radius 3 is 1.96 bits per heavy atom. The molecule has 7 heteroatoms. The molecule has 26 heavy (non-hydrogen) atoms. The van der Waals surface area contributed by atoms with Crippen LogP contribution < -0.4 is 10.8 Å². The third-order valence-electron chi connectivity index (χ3n) is 4.43. The largest absolute Gasteiger partial charge is 0.357 e. The molecular formula is C19H21N3O4. The molecule has 0 saturated carbocycles. The molecule has 136 valence electrons. The van der Waals surface area contributed by atoms with E-state index in [-0.39, 0.29) is 0 Å². The van der Waals surface area contributed by atoms with E-state index in [1.165, 1.54) is 26.5 Å². The lowest BCUT2D eigenvalue weighted by Crippen LogP contribution is -2.64. The van der Waals surface area contributed by atoms with Crippen molar-refractivity contribution in [1.29, 1.82) is 0 Å². The molecule has 0 spiro atoms. The molecule has 0 saturated heterocycles. The Labute approximate surface area is 151 Å². The van der Waals surface area contributed by atoms with Crippen molar-refractivity contribution in [3.05, 3.63) is 60.2 Å². The zero-order chi connectivity index (χ0) is 19.3. The molecule has 0 aliphatic carbocycles. The topological polar surface area (TPSA) is 98.7 Å². The maximum Gasteiger partial charge on any atom is 0.278 e. The molecule has 1 unspecified atom stereocenters. The highest BCUT2D eigenvalue weighted by atomic mass is 16.5. The van der Waals surface area contributed by atoms with E-state index < -0.39 is 23.3 Å². The minimum Gasteiger partial charge on any atom is -0.357 e. The molecule has 0 fully saturated rings. The van der Waals surface area contributed by atoms with Gasteiger partial charge in [-0.1, -0.05) is 42.5 Å². The van der Waals surface area contributed by atoms with Crippen LogP contribution in [-0.4, -0.2) is 47.5 Å². The highest BCUT2D eigenvalue weighted by Gasteiger charge is 2.47. The van der Waals surface area contributed by atoms with Gasteiger partial charge in [0, 0.05) is 19.7 Å².